The molecule has 4 nitrogen and oxygen atoms in total. The molecular weight excluding hydrogens is 235 g/mol. The van der Waals surface area contributed by atoms with Gasteiger partial charge in [0.15, 0.2) is 0 Å². The van der Waals surface area contributed by atoms with Crippen molar-refractivity contribution in [3.05, 3.63) is 29.6 Å². The van der Waals surface area contributed by atoms with Crippen molar-refractivity contribution < 1.29 is 14.3 Å². The average Bonchev–Trinajstić information content (AvgIpc) is 2.31. The minimum absolute atomic E-state index is 0.143. The monoisotopic (exact) mass is 252 g/mol. The number of nitrogens with one attached hydrogen (secondary N) is 1. The zero-order valence-electron chi connectivity index (χ0n) is 10.0. The highest BCUT2D eigenvalue weighted by Gasteiger charge is 2.24. The Balaban J connectivity index is 2.23. The second kappa shape index (κ2) is 5.35. The van der Waals surface area contributed by atoms with Gasteiger partial charge in [-0.15, -0.1) is 0 Å². The third-order valence-corrected chi connectivity index (χ3v) is 3.33. The largest absolute Gasteiger partial charge is 0.391 e. The number of anilines is 1. The van der Waals surface area contributed by atoms with Crippen LogP contribution in [0, 0.1) is 5.82 Å². The van der Waals surface area contributed by atoms with E-state index in [0.717, 1.165) is 25.7 Å². The van der Waals surface area contributed by atoms with Crippen LogP contribution in [0.25, 0.3) is 0 Å². The Morgan fingerprint density at radius 3 is 2.78 bits per heavy atom. The summed E-state index contributed by atoms with van der Waals surface area (Å²) in [4.78, 5) is 11.2. The van der Waals surface area contributed by atoms with Crippen LogP contribution in [0.15, 0.2) is 18.2 Å². The summed E-state index contributed by atoms with van der Waals surface area (Å²) in [6, 6.07) is 4.16. The second-order valence-electron chi connectivity index (χ2n) is 4.63. The Kier molecular flexibility index (Phi) is 3.81. The summed E-state index contributed by atoms with van der Waals surface area (Å²) in [6.07, 6.45) is 3.05. The van der Waals surface area contributed by atoms with E-state index in [1.807, 2.05) is 0 Å². The molecule has 1 amide bonds. The van der Waals surface area contributed by atoms with E-state index in [-0.39, 0.29) is 11.6 Å². The van der Waals surface area contributed by atoms with Crippen molar-refractivity contribution in [2.75, 3.05) is 5.32 Å². The molecule has 0 radical (unpaired) electrons. The molecule has 1 aliphatic rings. The molecule has 5 heteroatoms. The first-order valence-corrected chi connectivity index (χ1v) is 6.12. The Morgan fingerprint density at radius 2 is 2.11 bits per heavy atom. The molecule has 1 aliphatic carbocycles. The third-order valence-electron chi connectivity index (χ3n) is 3.33. The van der Waals surface area contributed by atoms with Gasteiger partial charge in [0, 0.05) is 0 Å². The fourth-order valence-electron chi connectivity index (χ4n) is 2.37. The van der Waals surface area contributed by atoms with Crippen LogP contribution in [0.5, 0.6) is 0 Å². The van der Waals surface area contributed by atoms with Crippen LogP contribution in [0.1, 0.15) is 36.0 Å². The number of aliphatic hydroxyl groups is 1. The maximum Gasteiger partial charge on any atom is 0.253 e. The third kappa shape index (κ3) is 2.61. The lowest BCUT2D eigenvalue weighted by Gasteiger charge is -2.29. The van der Waals surface area contributed by atoms with Gasteiger partial charge in [0.1, 0.15) is 5.82 Å². The Morgan fingerprint density at radius 1 is 1.39 bits per heavy atom. The van der Waals surface area contributed by atoms with Crippen LogP contribution >= 0.6 is 0 Å². The molecule has 1 fully saturated rings. The van der Waals surface area contributed by atoms with Gasteiger partial charge in [-0.3, -0.25) is 4.79 Å². The second-order valence-corrected chi connectivity index (χ2v) is 4.63. The molecule has 18 heavy (non-hydrogen) atoms. The van der Waals surface area contributed by atoms with Gasteiger partial charge in [-0.2, -0.15) is 0 Å². The smallest absolute Gasteiger partial charge is 0.253 e. The first-order chi connectivity index (χ1) is 8.59. The number of benzene rings is 1. The van der Waals surface area contributed by atoms with Gasteiger partial charge >= 0.3 is 0 Å². The van der Waals surface area contributed by atoms with Gasteiger partial charge in [0.2, 0.25) is 0 Å². The van der Waals surface area contributed by atoms with Crippen molar-refractivity contribution in [3.8, 4) is 0 Å². The van der Waals surface area contributed by atoms with Crippen LogP contribution < -0.4 is 11.1 Å². The number of carbonyl (C=O) groups is 1. The maximum atomic E-state index is 13.5. The summed E-state index contributed by atoms with van der Waals surface area (Å²) in [5.41, 5.74) is 5.39. The molecule has 0 aliphatic heterocycles. The zero-order chi connectivity index (χ0) is 13.1. The predicted octanol–water partition coefficient (Wildman–Crippen LogP) is 1.64. The summed E-state index contributed by atoms with van der Waals surface area (Å²) in [7, 11) is 0. The van der Waals surface area contributed by atoms with E-state index in [1.165, 1.54) is 12.1 Å². The predicted molar refractivity (Wildman–Crippen MR) is 66.8 cm³/mol. The Hall–Kier alpha value is -1.62. The van der Waals surface area contributed by atoms with Gasteiger partial charge in [-0.25, -0.2) is 4.39 Å². The van der Waals surface area contributed by atoms with Crippen molar-refractivity contribution >= 4 is 11.6 Å². The lowest BCUT2D eigenvalue weighted by molar-refractivity contribution is 0.0995. The normalized spacial score (nSPS) is 23.7. The van der Waals surface area contributed by atoms with E-state index in [1.54, 1.807) is 6.07 Å². The van der Waals surface area contributed by atoms with E-state index in [0.29, 0.717) is 5.69 Å². The number of aliphatic hydroxyl groups excluding tert-OH is 1. The van der Waals surface area contributed by atoms with Gasteiger partial charge in [0.05, 0.1) is 23.4 Å². The minimum Gasteiger partial charge on any atom is -0.391 e. The number of hydrogen-bond donors (Lipinski definition) is 3. The van der Waals surface area contributed by atoms with E-state index >= 15 is 0 Å². The highest BCUT2D eigenvalue weighted by atomic mass is 19.1. The molecule has 1 aromatic rings. The van der Waals surface area contributed by atoms with Crippen molar-refractivity contribution in [1.82, 2.24) is 0 Å². The summed E-state index contributed by atoms with van der Waals surface area (Å²) >= 11 is 0. The van der Waals surface area contributed by atoms with E-state index in [4.69, 9.17) is 5.73 Å². The highest BCUT2D eigenvalue weighted by Crippen LogP contribution is 2.25. The number of rotatable bonds is 3. The number of hydrogen-bond acceptors (Lipinski definition) is 3. The quantitative estimate of drug-likeness (QED) is 0.765. The van der Waals surface area contributed by atoms with E-state index in [2.05, 4.69) is 5.32 Å². The average molecular weight is 252 g/mol. The topological polar surface area (TPSA) is 75.4 Å². The standard InChI is InChI=1S/C13H17FN2O2/c14-8-4-3-6-10(12(8)13(15)18)16-9-5-1-2-7-11(9)17/h3-4,6,9,11,16-17H,1-2,5,7H2,(H2,15,18)/t9-,11+/m0/s1. The fourth-order valence-corrected chi connectivity index (χ4v) is 2.37. The molecule has 1 aromatic carbocycles. The number of halogens is 1. The molecule has 2 rings (SSSR count). The molecule has 0 spiro atoms. The van der Waals surface area contributed by atoms with E-state index in [9.17, 15) is 14.3 Å². The minimum atomic E-state index is -0.805. The van der Waals surface area contributed by atoms with Crippen molar-refractivity contribution in [1.29, 1.82) is 0 Å². The summed E-state index contributed by atoms with van der Waals surface area (Å²) in [5.74, 6) is -1.45. The van der Waals surface area contributed by atoms with Gasteiger partial charge < -0.3 is 16.2 Å². The van der Waals surface area contributed by atoms with Crippen LogP contribution in [0.4, 0.5) is 10.1 Å². The summed E-state index contributed by atoms with van der Waals surface area (Å²) in [6.45, 7) is 0. The maximum absolute atomic E-state index is 13.5. The van der Waals surface area contributed by atoms with Crippen molar-refractivity contribution in [2.45, 2.75) is 37.8 Å². The molecule has 98 valence electrons. The molecule has 0 bridgehead atoms. The summed E-state index contributed by atoms with van der Waals surface area (Å²) in [5, 5.41) is 12.9. The number of carbonyl (C=O) groups excluding carboxylic acids is 1. The van der Waals surface area contributed by atoms with Gasteiger partial charge in [0.25, 0.3) is 5.91 Å². The Labute approximate surface area is 105 Å². The van der Waals surface area contributed by atoms with Crippen molar-refractivity contribution in [2.24, 2.45) is 5.73 Å². The first kappa shape index (κ1) is 12.8. The molecule has 0 saturated heterocycles. The number of primary amides is 1. The van der Waals surface area contributed by atoms with Gasteiger partial charge in [-0.05, 0) is 25.0 Å². The van der Waals surface area contributed by atoms with Crippen molar-refractivity contribution in [3.63, 3.8) is 0 Å². The van der Waals surface area contributed by atoms with Crippen LogP contribution in [0.3, 0.4) is 0 Å². The number of nitrogens with two attached hydrogens (primary N) is 1. The van der Waals surface area contributed by atoms with Crippen LogP contribution in [-0.4, -0.2) is 23.2 Å². The van der Waals surface area contributed by atoms with Crippen LogP contribution in [-0.2, 0) is 0 Å². The molecule has 0 heterocycles. The lowest BCUT2D eigenvalue weighted by atomic mass is 9.92. The molecule has 0 aromatic heterocycles. The van der Waals surface area contributed by atoms with E-state index < -0.39 is 17.8 Å². The highest BCUT2D eigenvalue weighted by molar-refractivity contribution is 5.98. The molecule has 4 N–H and O–H groups in total. The molecular formula is C13H17FN2O2. The fraction of sp³-hybridized carbons (Fsp3) is 0.462. The first-order valence-electron chi connectivity index (χ1n) is 6.12. The van der Waals surface area contributed by atoms with Gasteiger partial charge in [-0.1, -0.05) is 18.9 Å². The SMILES string of the molecule is NC(=O)c1c(F)cccc1N[C@H]1CCCC[C@H]1O. The Bertz CT molecular complexity index is 451. The van der Waals surface area contributed by atoms with Crippen LogP contribution in [0.2, 0.25) is 0 Å². The molecule has 1 saturated carbocycles. The molecule has 2 atom stereocenters. The lowest BCUT2D eigenvalue weighted by Crippen LogP contribution is -2.37. The summed E-state index contributed by atoms with van der Waals surface area (Å²) < 4.78 is 13.5. The molecule has 0 unspecified atom stereocenters. The number of amides is 1. The zero-order valence-corrected chi connectivity index (χ0v) is 10.0.